The number of nitrogens with one attached hydrogen (secondary N) is 1. The second kappa shape index (κ2) is 10.2. The van der Waals surface area contributed by atoms with E-state index in [9.17, 15) is 14.4 Å². The van der Waals surface area contributed by atoms with Crippen LogP contribution in [0.15, 0.2) is 18.2 Å². The Labute approximate surface area is 176 Å². The van der Waals surface area contributed by atoms with Crippen molar-refractivity contribution in [2.75, 3.05) is 33.9 Å². The van der Waals surface area contributed by atoms with Gasteiger partial charge in [0, 0.05) is 12.6 Å². The molecule has 1 aromatic rings. The Hall–Kier alpha value is -2.97. The molecule has 0 saturated carbocycles. The van der Waals surface area contributed by atoms with E-state index in [4.69, 9.17) is 18.9 Å². The van der Waals surface area contributed by atoms with Gasteiger partial charge in [-0.1, -0.05) is 0 Å². The number of methoxy groups -OCH3 is 2. The molecule has 1 aliphatic heterocycles. The Bertz CT molecular complexity index is 773. The third-order valence-electron chi connectivity index (χ3n) is 4.44. The van der Waals surface area contributed by atoms with Gasteiger partial charge in [-0.2, -0.15) is 0 Å². The number of amides is 2. The summed E-state index contributed by atoms with van der Waals surface area (Å²) in [6, 6.07) is 4.33. The van der Waals surface area contributed by atoms with Crippen LogP contribution in [0.5, 0.6) is 17.2 Å². The molecule has 0 radical (unpaired) electrons. The zero-order valence-corrected chi connectivity index (χ0v) is 18.1. The topological polar surface area (TPSA) is 103 Å². The van der Waals surface area contributed by atoms with Crippen molar-refractivity contribution in [3.8, 4) is 17.2 Å². The summed E-state index contributed by atoms with van der Waals surface area (Å²) in [5.74, 6) is 0.777. The van der Waals surface area contributed by atoms with Crippen molar-refractivity contribution in [3.05, 3.63) is 18.2 Å². The SMILES string of the molecule is COc1ccc(OCC(=O)NCC(=O)[C@@H]2CCCN2C(=O)OC(C)(C)C)cc1OC. The van der Waals surface area contributed by atoms with Crippen LogP contribution in [0.2, 0.25) is 0 Å². The molecule has 2 rings (SSSR count). The van der Waals surface area contributed by atoms with Crippen molar-refractivity contribution in [3.63, 3.8) is 0 Å². The van der Waals surface area contributed by atoms with Crippen LogP contribution < -0.4 is 19.5 Å². The minimum atomic E-state index is -0.636. The average molecular weight is 422 g/mol. The van der Waals surface area contributed by atoms with Gasteiger partial charge in [0.2, 0.25) is 0 Å². The Morgan fingerprint density at radius 3 is 2.47 bits per heavy atom. The van der Waals surface area contributed by atoms with Gasteiger partial charge < -0.3 is 24.3 Å². The van der Waals surface area contributed by atoms with Crippen LogP contribution in [0.4, 0.5) is 4.79 Å². The zero-order valence-electron chi connectivity index (χ0n) is 18.1. The second-order valence-electron chi connectivity index (χ2n) is 7.88. The molecule has 0 bridgehead atoms. The van der Waals surface area contributed by atoms with E-state index in [1.165, 1.54) is 19.1 Å². The summed E-state index contributed by atoms with van der Waals surface area (Å²) in [6.07, 6.45) is 0.753. The third-order valence-corrected chi connectivity index (χ3v) is 4.44. The number of ether oxygens (including phenoxy) is 4. The van der Waals surface area contributed by atoms with Gasteiger partial charge in [-0.05, 0) is 45.7 Å². The van der Waals surface area contributed by atoms with E-state index in [2.05, 4.69) is 5.32 Å². The van der Waals surface area contributed by atoms with Gasteiger partial charge >= 0.3 is 6.09 Å². The van der Waals surface area contributed by atoms with Crippen LogP contribution >= 0.6 is 0 Å². The highest BCUT2D eigenvalue weighted by atomic mass is 16.6. The van der Waals surface area contributed by atoms with E-state index >= 15 is 0 Å². The number of rotatable bonds is 8. The summed E-state index contributed by atoms with van der Waals surface area (Å²) >= 11 is 0. The van der Waals surface area contributed by atoms with Gasteiger partial charge in [0.05, 0.1) is 26.8 Å². The zero-order chi connectivity index (χ0) is 22.3. The molecule has 0 unspecified atom stereocenters. The maximum absolute atomic E-state index is 12.5. The predicted octanol–water partition coefficient (Wildman–Crippen LogP) is 2.17. The molecule has 2 amide bonds. The van der Waals surface area contributed by atoms with Gasteiger partial charge in [-0.25, -0.2) is 4.79 Å². The number of ketones is 1. The fourth-order valence-electron chi connectivity index (χ4n) is 3.05. The smallest absolute Gasteiger partial charge is 0.410 e. The molecule has 0 aliphatic carbocycles. The maximum Gasteiger partial charge on any atom is 0.410 e. The van der Waals surface area contributed by atoms with Crippen molar-refractivity contribution in [2.45, 2.75) is 45.3 Å². The van der Waals surface area contributed by atoms with Crippen LogP contribution in [-0.4, -0.2) is 68.2 Å². The summed E-state index contributed by atoms with van der Waals surface area (Å²) < 4.78 is 21.1. The lowest BCUT2D eigenvalue weighted by atomic mass is 10.1. The molecular weight excluding hydrogens is 392 g/mol. The first-order valence-electron chi connectivity index (χ1n) is 9.78. The van der Waals surface area contributed by atoms with Gasteiger partial charge in [0.25, 0.3) is 5.91 Å². The first kappa shape index (κ1) is 23.3. The highest BCUT2D eigenvalue weighted by Gasteiger charge is 2.36. The average Bonchev–Trinajstić information content (AvgIpc) is 3.19. The molecule has 9 heteroatoms. The summed E-state index contributed by atoms with van der Waals surface area (Å²) in [4.78, 5) is 38.3. The molecule has 0 aromatic heterocycles. The van der Waals surface area contributed by atoms with Gasteiger partial charge in [-0.3, -0.25) is 14.5 Å². The minimum absolute atomic E-state index is 0.182. The third kappa shape index (κ3) is 6.53. The fourth-order valence-corrected chi connectivity index (χ4v) is 3.05. The van der Waals surface area contributed by atoms with Gasteiger partial charge in [0.1, 0.15) is 11.4 Å². The largest absolute Gasteiger partial charge is 0.493 e. The monoisotopic (exact) mass is 422 g/mol. The molecule has 166 valence electrons. The van der Waals surface area contributed by atoms with Crippen molar-refractivity contribution in [1.29, 1.82) is 0 Å². The molecule has 9 nitrogen and oxygen atoms in total. The summed E-state index contributed by atoms with van der Waals surface area (Å²) in [5.41, 5.74) is -0.636. The van der Waals surface area contributed by atoms with Crippen LogP contribution in [0.3, 0.4) is 0 Å². The molecule has 1 atom stereocenters. The predicted molar refractivity (Wildman–Crippen MR) is 109 cm³/mol. The molecule has 30 heavy (non-hydrogen) atoms. The fraction of sp³-hybridized carbons (Fsp3) is 0.571. The number of Topliss-reactive ketones (excluding diaryl/α,β-unsaturated/α-hetero) is 1. The van der Waals surface area contributed by atoms with Crippen LogP contribution in [0.1, 0.15) is 33.6 Å². The van der Waals surface area contributed by atoms with Gasteiger partial charge in [-0.15, -0.1) is 0 Å². The van der Waals surface area contributed by atoms with E-state index in [0.29, 0.717) is 36.6 Å². The lowest BCUT2D eigenvalue weighted by molar-refractivity contribution is -0.128. The number of nitrogens with zero attached hydrogens (tertiary/aromatic N) is 1. The lowest BCUT2D eigenvalue weighted by Gasteiger charge is -2.28. The highest BCUT2D eigenvalue weighted by molar-refractivity contribution is 5.92. The van der Waals surface area contributed by atoms with Crippen LogP contribution in [0, 0.1) is 0 Å². The van der Waals surface area contributed by atoms with Crippen molar-refractivity contribution in [1.82, 2.24) is 10.2 Å². The number of hydrogen-bond donors (Lipinski definition) is 1. The number of hydrogen-bond acceptors (Lipinski definition) is 7. The van der Waals surface area contributed by atoms with Crippen LogP contribution in [0.25, 0.3) is 0 Å². The summed E-state index contributed by atoms with van der Waals surface area (Å²) in [7, 11) is 3.03. The van der Waals surface area contributed by atoms with E-state index in [-0.39, 0.29) is 18.9 Å². The van der Waals surface area contributed by atoms with Crippen LogP contribution in [-0.2, 0) is 14.3 Å². The number of carbonyl (C=O) groups is 3. The van der Waals surface area contributed by atoms with E-state index in [1.807, 2.05) is 0 Å². The molecular formula is C21H30N2O7. The Kier molecular flexibility index (Phi) is 7.91. The standard InChI is InChI=1S/C21H30N2O7/c1-21(2,3)30-20(26)23-10-6-7-15(23)16(24)12-22-19(25)13-29-14-8-9-17(27-4)18(11-14)28-5/h8-9,11,15H,6-7,10,12-13H2,1-5H3,(H,22,25)/t15-/m0/s1. The molecule has 1 saturated heterocycles. The molecule has 1 aromatic carbocycles. The summed E-state index contributed by atoms with van der Waals surface area (Å²) in [6.45, 7) is 5.34. The number of likely N-dealkylation sites (tertiary alicyclic amines) is 1. The number of benzene rings is 1. The quantitative estimate of drug-likeness (QED) is 0.685. The molecule has 0 spiro atoms. The highest BCUT2D eigenvalue weighted by Crippen LogP contribution is 2.30. The molecule has 1 N–H and O–H groups in total. The molecule has 1 aliphatic rings. The Balaban J connectivity index is 1.82. The molecule has 1 fully saturated rings. The maximum atomic E-state index is 12.5. The van der Waals surface area contributed by atoms with Crippen molar-refractivity contribution in [2.24, 2.45) is 0 Å². The van der Waals surface area contributed by atoms with Crippen molar-refractivity contribution < 1.29 is 33.3 Å². The first-order chi connectivity index (χ1) is 14.1. The van der Waals surface area contributed by atoms with E-state index < -0.39 is 23.6 Å². The first-order valence-corrected chi connectivity index (χ1v) is 9.78. The van der Waals surface area contributed by atoms with Crippen molar-refractivity contribution >= 4 is 17.8 Å². The van der Waals surface area contributed by atoms with Gasteiger partial charge in [0.15, 0.2) is 23.9 Å². The lowest BCUT2D eigenvalue weighted by Crippen LogP contribution is -2.46. The normalized spacial score (nSPS) is 16.0. The Morgan fingerprint density at radius 2 is 1.83 bits per heavy atom. The summed E-state index contributed by atoms with van der Waals surface area (Å²) in [5, 5.41) is 2.54. The Morgan fingerprint density at radius 1 is 1.13 bits per heavy atom. The van der Waals surface area contributed by atoms with E-state index in [0.717, 1.165) is 0 Å². The number of carbonyl (C=O) groups excluding carboxylic acids is 3. The van der Waals surface area contributed by atoms with E-state index in [1.54, 1.807) is 39.0 Å². The second-order valence-corrected chi connectivity index (χ2v) is 7.88. The minimum Gasteiger partial charge on any atom is -0.493 e. The molecule has 1 heterocycles.